The van der Waals surface area contributed by atoms with Crippen molar-refractivity contribution in [3.63, 3.8) is 0 Å². The largest absolute Gasteiger partial charge is 0.398 e. The van der Waals surface area contributed by atoms with E-state index in [4.69, 9.17) is 11.1 Å². The zero-order chi connectivity index (χ0) is 17.7. The van der Waals surface area contributed by atoms with Crippen molar-refractivity contribution in [1.82, 2.24) is 0 Å². The van der Waals surface area contributed by atoms with Gasteiger partial charge in [0.1, 0.15) is 5.82 Å². The Hall–Kier alpha value is -2.68. The van der Waals surface area contributed by atoms with Crippen LogP contribution in [0.3, 0.4) is 0 Å². The molecule has 0 saturated heterocycles. The highest BCUT2D eigenvalue weighted by molar-refractivity contribution is 6.13. The lowest BCUT2D eigenvalue weighted by Crippen LogP contribution is -2.07. The van der Waals surface area contributed by atoms with Crippen LogP contribution in [0.1, 0.15) is 41.7 Å². The van der Waals surface area contributed by atoms with E-state index in [1.54, 1.807) is 30.4 Å². The number of aryl methyl sites for hydroxylation is 1. The molecular formula is C21H23FN2. The smallest absolute Gasteiger partial charge is 0.126 e. The Balaban J connectivity index is 2.36. The summed E-state index contributed by atoms with van der Waals surface area (Å²) >= 11 is 0. The van der Waals surface area contributed by atoms with E-state index in [0.29, 0.717) is 23.4 Å². The van der Waals surface area contributed by atoms with Gasteiger partial charge >= 0.3 is 0 Å². The molecule has 0 aliphatic carbocycles. The summed E-state index contributed by atoms with van der Waals surface area (Å²) in [5, 5.41) is 8.37. The van der Waals surface area contributed by atoms with Gasteiger partial charge in [-0.1, -0.05) is 50.8 Å². The van der Waals surface area contributed by atoms with Crippen molar-refractivity contribution in [1.29, 1.82) is 5.41 Å². The fraction of sp³-hybridized carbons (Fsp3) is 0.190. The average Bonchev–Trinajstić information content (AvgIpc) is 2.59. The molecule has 0 bridgehead atoms. The maximum Gasteiger partial charge on any atom is 0.126 e. The van der Waals surface area contributed by atoms with Crippen molar-refractivity contribution in [3.8, 4) is 0 Å². The van der Waals surface area contributed by atoms with Gasteiger partial charge in [0.25, 0.3) is 0 Å². The fourth-order valence-corrected chi connectivity index (χ4v) is 2.79. The molecule has 0 unspecified atom stereocenters. The first-order valence-electron chi connectivity index (χ1n) is 8.11. The van der Waals surface area contributed by atoms with Gasteiger partial charge in [-0.15, -0.1) is 0 Å². The number of hydrogen-bond acceptors (Lipinski definition) is 2. The number of nitrogen functional groups attached to an aromatic ring is 1. The number of nitrogens with one attached hydrogen (secondary N) is 1. The summed E-state index contributed by atoms with van der Waals surface area (Å²) in [5.41, 5.74) is 11.1. The molecule has 0 aromatic heterocycles. The minimum absolute atomic E-state index is 0.214. The molecule has 0 spiro atoms. The third-order valence-corrected chi connectivity index (χ3v) is 4.12. The van der Waals surface area contributed by atoms with Crippen molar-refractivity contribution in [3.05, 3.63) is 76.6 Å². The first-order chi connectivity index (χ1) is 11.5. The molecule has 0 atom stereocenters. The van der Waals surface area contributed by atoms with Gasteiger partial charge < -0.3 is 11.1 Å². The maximum absolute atomic E-state index is 13.9. The van der Waals surface area contributed by atoms with Crippen molar-refractivity contribution >= 4 is 23.6 Å². The monoisotopic (exact) mass is 322 g/mol. The first-order valence-corrected chi connectivity index (χ1v) is 8.11. The third kappa shape index (κ3) is 3.62. The zero-order valence-corrected chi connectivity index (χ0v) is 14.2. The molecule has 0 saturated carbocycles. The molecule has 2 rings (SSSR count). The molecule has 24 heavy (non-hydrogen) atoms. The van der Waals surface area contributed by atoms with Gasteiger partial charge in [-0.2, -0.15) is 0 Å². The quantitative estimate of drug-likeness (QED) is 0.553. The summed E-state index contributed by atoms with van der Waals surface area (Å²) in [6, 6.07) is 8.84. The van der Waals surface area contributed by atoms with Crippen LogP contribution in [0.25, 0.3) is 12.2 Å². The second kappa shape index (κ2) is 7.73. The first kappa shape index (κ1) is 17.7. The highest BCUT2D eigenvalue weighted by atomic mass is 19.1. The Bertz CT molecular complexity index is 804. The topological polar surface area (TPSA) is 49.9 Å². The predicted molar refractivity (Wildman–Crippen MR) is 102 cm³/mol. The number of hydrogen-bond donors (Lipinski definition) is 2. The van der Waals surface area contributed by atoms with Crippen molar-refractivity contribution < 1.29 is 4.39 Å². The molecule has 0 fully saturated rings. The SMILES string of the molecule is C=Cc1ccc(N)c(C(=N)/C=C/c2ccc(CC)c(F)c2)c1CC. The second-order valence-electron chi connectivity index (χ2n) is 5.61. The normalized spacial score (nSPS) is 11.0. The number of benzene rings is 2. The van der Waals surface area contributed by atoms with Crippen molar-refractivity contribution in [2.24, 2.45) is 0 Å². The molecule has 0 radical (unpaired) electrons. The van der Waals surface area contributed by atoms with E-state index in [9.17, 15) is 4.39 Å². The van der Waals surface area contributed by atoms with E-state index in [0.717, 1.165) is 28.7 Å². The number of halogens is 1. The molecule has 3 N–H and O–H groups in total. The summed E-state index contributed by atoms with van der Waals surface area (Å²) in [4.78, 5) is 0. The van der Waals surface area contributed by atoms with E-state index in [1.165, 1.54) is 6.07 Å². The highest BCUT2D eigenvalue weighted by Crippen LogP contribution is 2.24. The molecule has 0 aliphatic heterocycles. The average molecular weight is 322 g/mol. The maximum atomic E-state index is 13.9. The molecular weight excluding hydrogens is 299 g/mol. The minimum atomic E-state index is -0.214. The van der Waals surface area contributed by atoms with Crippen LogP contribution in [0.15, 0.2) is 43.0 Å². The highest BCUT2D eigenvalue weighted by Gasteiger charge is 2.12. The van der Waals surface area contributed by atoms with Gasteiger partial charge in [0.2, 0.25) is 0 Å². The van der Waals surface area contributed by atoms with E-state index in [1.807, 2.05) is 26.0 Å². The Morgan fingerprint density at radius 2 is 1.96 bits per heavy atom. The van der Waals surface area contributed by atoms with Crippen LogP contribution in [0, 0.1) is 11.2 Å². The van der Waals surface area contributed by atoms with E-state index >= 15 is 0 Å². The van der Waals surface area contributed by atoms with Gasteiger partial charge in [-0.05, 0) is 53.3 Å². The Kier molecular flexibility index (Phi) is 5.69. The molecule has 2 aromatic rings. The number of rotatable bonds is 6. The summed E-state index contributed by atoms with van der Waals surface area (Å²) in [6.07, 6.45) is 6.61. The summed E-state index contributed by atoms with van der Waals surface area (Å²) in [6.45, 7) is 7.77. The third-order valence-electron chi connectivity index (χ3n) is 4.12. The van der Waals surface area contributed by atoms with E-state index in [2.05, 4.69) is 6.58 Å². The Morgan fingerprint density at radius 1 is 1.21 bits per heavy atom. The van der Waals surface area contributed by atoms with Crippen LogP contribution in [0.2, 0.25) is 0 Å². The molecule has 2 aromatic carbocycles. The number of nitrogens with two attached hydrogens (primary N) is 1. The van der Waals surface area contributed by atoms with Gasteiger partial charge in [0.05, 0.1) is 5.71 Å². The molecule has 0 aliphatic rings. The molecule has 0 heterocycles. The van der Waals surface area contributed by atoms with Crippen LogP contribution < -0.4 is 5.73 Å². The Labute approximate surface area is 143 Å². The predicted octanol–water partition coefficient (Wildman–Crippen LogP) is 5.26. The van der Waals surface area contributed by atoms with E-state index < -0.39 is 0 Å². The number of anilines is 1. The standard InChI is InChI=1S/C21H23FN2/c1-4-15-10-12-20(24)21(17(15)6-3)19(23)11-8-14-7-9-16(5-2)18(22)13-14/h4,7-13,23H,1,5-6,24H2,2-3H3/b11-8+,23-19?. The van der Waals surface area contributed by atoms with Crippen LogP contribution >= 0.6 is 0 Å². The second-order valence-corrected chi connectivity index (χ2v) is 5.61. The fourth-order valence-electron chi connectivity index (χ4n) is 2.79. The van der Waals surface area contributed by atoms with Crippen LogP contribution in [-0.4, -0.2) is 5.71 Å². The molecule has 3 heteroatoms. The lowest BCUT2D eigenvalue weighted by Gasteiger charge is -2.13. The van der Waals surface area contributed by atoms with Gasteiger partial charge in [-0.25, -0.2) is 4.39 Å². The van der Waals surface area contributed by atoms with Gasteiger partial charge in [0.15, 0.2) is 0 Å². The summed E-state index contributed by atoms with van der Waals surface area (Å²) in [7, 11) is 0. The summed E-state index contributed by atoms with van der Waals surface area (Å²) in [5.74, 6) is -0.214. The minimum Gasteiger partial charge on any atom is -0.398 e. The number of allylic oxidation sites excluding steroid dienone is 1. The van der Waals surface area contributed by atoms with Crippen LogP contribution in [0.4, 0.5) is 10.1 Å². The van der Waals surface area contributed by atoms with Crippen LogP contribution in [-0.2, 0) is 12.8 Å². The van der Waals surface area contributed by atoms with Crippen molar-refractivity contribution in [2.75, 3.05) is 5.73 Å². The van der Waals surface area contributed by atoms with E-state index in [-0.39, 0.29) is 5.82 Å². The molecule has 2 nitrogen and oxygen atoms in total. The Morgan fingerprint density at radius 3 is 2.54 bits per heavy atom. The van der Waals surface area contributed by atoms with Gasteiger partial charge in [0, 0.05) is 11.3 Å². The van der Waals surface area contributed by atoms with Crippen molar-refractivity contribution in [2.45, 2.75) is 26.7 Å². The van der Waals surface area contributed by atoms with Crippen LogP contribution in [0.5, 0.6) is 0 Å². The van der Waals surface area contributed by atoms with Gasteiger partial charge in [-0.3, -0.25) is 0 Å². The lowest BCUT2D eigenvalue weighted by molar-refractivity contribution is 0.612. The lowest BCUT2D eigenvalue weighted by atomic mass is 9.93. The zero-order valence-electron chi connectivity index (χ0n) is 14.2. The molecule has 124 valence electrons. The molecule has 0 amide bonds. The summed E-state index contributed by atoms with van der Waals surface area (Å²) < 4.78 is 13.9.